The number of ether oxygens (including phenoxy) is 1. The monoisotopic (exact) mass is 499 g/mol. The zero-order valence-electron chi connectivity index (χ0n) is 20.4. The fourth-order valence-electron chi connectivity index (χ4n) is 4.29. The van der Waals surface area contributed by atoms with Crippen molar-refractivity contribution in [1.29, 1.82) is 0 Å². The molecule has 3 aromatic carbocycles. The normalized spacial score (nSPS) is 17.1. The number of ketones is 1. The van der Waals surface area contributed by atoms with E-state index in [1.54, 1.807) is 25.3 Å². The highest BCUT2D eigenvalue weighted by molar-refractivity contribution is 7.22. The second-order valence-electron chi connectivity index (χ2n) is 8.85. The van der Waals surface area contributed by atoms with Gasteiger partial charge in [0, 0.05) is 25.3 Å². The highest BCUT2D eigenvalue weighted by Crippen LogP contribution is 2.44. The van der Waals surface area contributed by atoms with Crippen LogP contribution in [0.5, 0.6) is 5.75 Å². The van der Waals surface area contributed by atoms with Gasteiger partial charge < -0.3 is 14.7 Å². The molecule has 1 unspecified atom stereocenters. The molecule has 0 spiro atoms. The molecule has 1 aromatic heterocycles. The molecule has 7 nitrogen and oxygen atoms in total. The van der Waals surface area contributed by atoms with Crippen LogP contribution in [-0.2, 0) is 9.59 Å². The Morgan fingerprint density at radius 1 is 1.03 bits per heavy atom. The maximum Gasteiger partial charge on any atom is 0.301 e. The van der Waals surface area contributed by atoms with Crippen molar-refractivity contribution in [2.75, 3.05) is 31.0 Å². The topological polar surface area (TPSA) is 83.0 Å². The number of methoxy groups -OCH3 is 1. The zero-order valence-corrected chi connectivity index (χ0v) is 21.2. The molecule has 0 aliphatic carbocycles. The van der Waals surface area contributed by atoms with Gasteiger partial charge in [0.25, 0.3) is 5.78 Å². The number of anilines is 2. The van der Waals surface area contributed by atoms with E-state index in [4.69, 9.17) is 4.74 Å². The molecule has 5 rings (SSSR count). The fraction of sp³-hybridized carbons (Fsp3) is 0.179. The van der Waals surface area contributed by atoms with E-state index < -0.39 is 17.7 Å². The number of rotatable bonds is 5. The maximum absolute atomic E-state index is 13.4. The first kappa shape index (κ1) is 23.6. The second kappa shape index (κ2) is 9.13. The minimum Gasteiger partial charge on any atom is -0.507 e. The first-order valence-corrected chi connectivity index (χ1v) is 12.2. The van der Waals surface area contributed by atoms with Gasteiger partial charge in [0.15, 0.2) is 5.13 Å². The van der Waals surface area contributed by atoms with E-state index in [0.29, 0.717) is 27.5 Å². The Kier molecular flexibility index (Phi) is 5.97. The van der Waals surface area contributed by atoms with Gasteiger partial charge in [-0.25, -0.2) is 4.98 Å². The molecule has 0 saturated carbocycles. The summed E-state index contributed by atoms with van der Waals surface area (Å²) in [6.45, 7) is 1.94. The van der Waals surface area contributed by atoms with E-state index >= 15 is 0 Å². The standard InChI is InChI=1S/C28H25N3O4S/c1-16-5-7-18(8-6-16)25(32)23-24(17-9-11-19(12-10-17)30(2)3)31(27(34)26(23)33)28-29-21-14-13-20(35-4)15-22(21)36-28/h5-15,24,32H,1-4H3/b25-23+. The predicted molar refractivity (Wildman–Crippen MR) is 143 cm³/mol. The number of aryl methyl sites for hydroxylation is 1. The molecule has 0 radical (unpaired) electrons. The van der Waals surface area contributed by atoms with Gasteiger partial charge in [-0.15, -0.1) is 0 Å². The molecule has 1 aliphatic heterocycles. The van der Waals surface area contributed by atoms with Crippen molar-refractivity contribution in [1.82, 2.24) is 4.98 Å². The van der Waals surface area contributed by atoms with E-state index in [1.165, 1.54) is 16.2 Å². The fourth-order valence-corrected chi connectivity index (χ4v) is 5.31. The number of benzene rings is 3. The molecular weight excluding hydrogens is 474 g/mol. The number of carbonyl (C=O) groups is 2. The Bertz CT molecular complexity index is 1500. The predicted octanol–water partition coefficient (Wildman–Crippen LogP) is 5.31. The summed E-state index contributed by atoms with van der Waals surface area (Å²) >= 11 is 1.30. The van der Waals surface area contributed by atoms with Crippen molar-refractivity contribution in [3.8, 4) is 5.75 Å². The van der Waals surface area contributed by atoms with Crippen molar-refractivity contribution in [3.63, 3.8) is 0 Å². The average Bonchev–Trinajstić information content (AvgIpc) is 3.41. The third-order valence-electron chi connectivity index (χ3n) is 6.29. The lowest BCUT2D eigenvalue weighted by atomic mass is 9.95. The van der Waals surface area contributed by atoms with Crippen molar-refractivity contribution >= 4 is 49.8 Å². The van der Waals surface area contributed by atoms with E-state index in [1.807, 2.05) is 74.4 Å². The van der Waals surface area contributed by atoms with Crippen molar-refractivity contribution in [3.05, 3.63) is 89.0 Å². The van der Waals surface area contributed by atoms with E-state index in [2.05, 4.69) is 4.98 Å². The summed E-state index contributed by atoms with van der Waals surface area (Å²) in [5.74, 6) is -1.00. The number of hydrogen-bond donors (Lipinski definition) is 1. The molecule has 1 aliphatic rings. The van der Waals surface area contributed by atoms with Gasteiger partial charge in [-0.05, 0) is 42.8 Å². The number of aromatic nitrogens is 1. The van der Waals surface area contributed by atoms with Crippen LogP contribution in [0.1, 0.15) is 22.7 Å². The van der Waals surface area contributed by atoms with Gasteiger partial charge in [-0.1, -0.05) is 53.3 Å². The highest BCUT2D eigenvalue weighted by atomic mass is 32.1. The lowest BCUT2D eigenvalue weighted by Crippen LogP contribution is -2.29. The van der Waals surface area contributed by atoms with E-state index in [-0.39, 0.29) is 11.3 Å². The molecule has 1 amide bonds. The Morgan fingerprint density at radius 3 is 2.36 bits per heavy atom. The van der Waals surface area contributed by atoms with Crippen LogP contribution in [0.3, 0.4) is 0 Å². The van der Waals surface area contributed by atoms with Crippen molar-refractivity contribution < 1.29 is 19.4 Å². The van der Waals surface area contributed by atoms with Gasteiger partial charge in [-0.3, -0.25) is 14.5 Å². The Balaban J connectivity index is 1.70. The summed E-state index contributed by atoms with van der Waals surface area (Å²) in [7, 11) is 5.46. The van der Waals surface area contributed by atoms with Gasteiger partial charge in [0.05, 0.1) is 28.9 Å². The summed E-state index contributed by atoms with van der Waals surface area (Å²) in [6.07, 6.45) is 0. The highest BCUT2D eigenvalue weighted by Gasteiger charge is 2.48. The molecule has 4 aromatic rings. The zero-order chi connectivity index (χ0) is 25.6. The van der Waals surface area contributed by atoms with Gasteiger partial charge in [-0.2, -0.15) is 0 Å². The largest absolute Gasteiger partial charge is 0.507 e. The first-order chi connectivity index (χ1) is 17.3. The third-order valence-corrected chi connectivity index (χ3v) is 7.30. The van der Waals surface area contributed by atoms with Crippen LogP contribution < -0.4 is 14.5 Å². The summed E-state index contributed by atoms with van der Waals surface area (Å²) < 4.78 is 6.15. The third kappa shape index (κ3) is 3.99. The van der Waals surface area contributed by atoms with Crippen LogP contribution in [0.2, 0.25) is 0 Å². The molecule has 0 bridgehead atoms. The second-order valence-corrected chi connectivity index (χ2v) is 9.86. The van der Waals surface area contributed by atoms with Crippen LogP contribution in [0, 0.1) is 6.92 Å². The SMILES string of the molecule is COc1ccc2nc(N3C(=O)C(=O)/C(=C(/O)c4ccc(C)cc4)C3c3ccc(N(C)C)cc3)sc2c1. The molecule has 182 valence electrons. The maximum atomic E-state index is 13.4. The number of carbonyl (C=O) groups excluding carboxylic acids is 2. The van der Waals surface area contributed by atoms with Gasteiger partial charge in [0.2, 0.25) is 0 Å². The van der Waals surface area contributed by atoms with Crippen molar-refractivity contribution in [2.24, 2.45) is 0 Å². The number of aliphatic hydroxyl groups is 1. The minimum absolute atomic E-state index is 0.0401. The molecule has 8 heteroatoms. The summed E-state index contributed by atoms with van der Waals surface area (Å²) in [6, 6.07) is 19.4. The van der Waals surface area contributed by atoms with E-state index in [0.717, 1.165) is 16.0 Å². The number of fused-ring (bicyclic) bond motifs is 1. The number of Topliss-reactive ketones (excluding diaryl/α,β-unsaturated/α-hetero) is 1. The lowest BCUT2D eigenvalue weighted by Gasteiger charge is -2.23. The van der Waals surface area contributed by atoms with Gasteiger partial charge >= 0.3 is 5.91 Å². The number of nitrogens with zero attached hydrogens (tertiary/aromatic N) is 3. The van der Waals surface area contributed by atoms with Crippen LogP contribution in [0.15, 0.2) is 72.3 Å². The van der Waals surface area contributed by atoms with Crippen LogP contribution in [0.4, 0.5) is 10.8 Å². The lowest BCUT2D eigenvalue weighted by molar-refractivity contribution is -0.132. The number of aliphatic hydroxyl groups excluding tert-OH is 1. The summed E-state index contributed by atoms with van der Waals surface area (Å²) in [4.78, 5) is 34.8. The number of thiazole rings is 1. The quantitative estimate of drug-likeness (QED) is 0.228. The number of hydrogen-bond acceptors (Lipinski definition) is 7. The van der Waals surface area contributed by atoms with Gasteiger partial charge in [0.1, 0.15) is 11.5 Å². The first-order valence-electron chi connectivity index (χ1n) is 11.4. The Morgan fingerprint density at radius 2 is 1.72 bits per heavy atom. The molecule has 36 heavy (non-hydrogen) atoms. The van der Waals surface area contributed by atoms with E-state index in [9.17, 15) is 14.7 Å². The molecule has 2 heterocycles. The van der Waals surface area contributed by atoms with Crippen molar-refractivity contribution in [2.45, 2.75) is 13.0 Å². The minimum atomic E-state index is -0.829. The smallest absolute Gasteiger partial charge is 0.301 e. The summed E-state index contributed by atoms with van der Waals surface area (Å²) in [5.41, 5.74) is 3.90. The summed E-state index contributed by atoms with van der Waals surface area (Å²) in [5, 5.41) is 11.7. The van der Waals surface area contributed by atoms with Crippen LogP contribution in [-0.4, -0.2) is 43.0 Å². The molecule has 1 atom stereocenters. The Labute approximate surface area is 212 Å². The average molecular weight is 500 g/mol. The van der Waals surface area contributed by atoms with Crippen LogP contribution in [0.25, 0.3) is 16.0 Å². The molecular formula is C28H25N3O4S. The number of amides is 1. The molecule has 1 N–H and O–H groups in total. The molecule has 1 saturated heterocycles. The Hall–Kier alpha value is -4.17. The molecule has 1 fully saturated rings. The van der Waals surface area contributed by atoms with Crippen LogP contribution >= 0.6 is 11.3 Å².